The standard InChI is InChI=1S/C15H23NO/c16-12-14(8-9-15-7-4-10-17-15)11-13-5-2-1-3-6-13/h1-3,5-6,14-15H,4,7-12,16H2. The SMILES string of the molecule is NCC(CCC1CCCO1)Cc1ccccc1. The molecule has 1 aliphatic heterocycles. The Hall–Kier alpha value is -0.860. The zero-order valence-electron chi connectivity index (χ0n) is 10.5. The molecule has 2 heteroatoms. The normalized spacial score (nSPS) is 21.6. The van der Waals surface area contributed by atoms with Gasteiger partial charge in [-0.2, -0.15) is 0 Å². The van der Waals surface area contributed by atoms with Crippen LogP contribution in [0, 0.1) is 5.92 Å². The van der Waals surface area contributed by atoms with Gasteiger partial charge in [-0.15, -0.1) is 0 Å². The predicted octanol–water partition coefficient (Wildman–Crippen LogP) is 2.76. The highest BCUT2D eigenvalue weighted by Gasteiger charge is 2.17. The lowest BCUT2D eigenvalue weighted by molar-refractivity contribution is 0.0983. The molecule has 2 rings (SSSR count). The summed E-state index contributed by atoms with van der Waals surface area (Å²) in [6.45, 7) is 1.73. The Kier molecular flexibility index (Phi) is 5.02. The quantitative estimate of drug-likeness (QED) is 0.820. The van der Waals surface area contributed by atoms with Crippen LogP contribution in [0.1, 0.15) is 31.2 Å². The van der Waals surface area contributed by atoms with E-state index in [0.717, 1.165) is 19.6 Å². The van der Waals surface area contributed by atoms with Gasteiger partial charge in [0.1, 0.15) is 0 Å². The van der Waals surface area contributed by atoms with Crippen LogP contribution in [0.25, 0.3) is 0 Å². The topological polar surface area (TPSA) is 35.2 Å². The van der Waals surface area contributed by atoms with Crippen LogP contribution in [0.4, 0.5) is 0 Å². The fourth-order valence-corrected chi connectivity index (χ4v) is 2.54. The number of ether oxygens (including phenoxy) is 1. The minimum atomic E-state index is 0.500. The van der Waals surface area contributed by atoms with Crippen molar-refractivity contribution in [2.45, 2.75) is 38.2 Å². The maximum Gasteiger partial charge on any atom is 0.0576 e. The Morgan fingerprint density at radius 3 is 2.76 bits per heavy atom. The molecule has 0 aromatic heterocycles. The molecule has 2 N–H and O–H groups in total. The summed E-state index contributed by atoms with van der Waals surface area (Å²) < 4.78 is 5.66. The molecule has 94 valence electrons. The van der Waals surface area contributed by atoms with Crippen LogP contribution in [0.5, 0.6) is 0 Å². The molecule has 1 aromatic carbocycles. The van der Waals surface area contributed by atoms with E-state index in [0.29, 0.717) is 12.0 Å². The Labute approximate surface area is 104 Å². The largest absolute Gasteiger partial charge is 0.378 e. The second-order valence-electron chi connectivity index (χ2n) is 5.00. The molecule has 0 spiro atoms. The maximum absolute atomic E-state index is 5.86. The Bertz CT molecular complexity index is 306. The number of nitrogens with two attached hydrogens (primary N) is 1. The van der Waals surface area contributed by atoms with Gasteiger partial charge in [-0.05, 0) is 50.1 Å². The molecule has 0 radical (unpaired) electrons. The molecule has 2 unspecified atom stereocenters. The van der Waals surface area contributed by atoms with Crippen molar-refractivity contribution in [1.82, 2.24) is 0 Å². The highest BCUT2D eigenvalue weighted by molar-refractivity contribution is 5.15. The van der Waals surface area contributed by atoms with Crippen molar-refractivity contribution in [3.8, 4) is 0 Å². The Balaban J connectivity index is 1.76. The lowest BCUT2D eigenvalue weighted by atomic mass is 9.93. The summed E-state index contributed by atoms with van der Waals surface area (Å²) in [6.07, 6.45) is 6.44. The molecule has 1 aliphatic rings. The number of hydrogen-bond donors (Lipinski definition) is 1. The second kappa shape index (κ2) is 6.77. The second-order valence-corrected chi connectivity index (χ2v) is 5.00. The molecule has 0 amide bonds. The lowest BCUT2D eigenvalue weighted by Crippen LogP contribution is -2.19. The van der Waals surface area contributed by atoms with Crippen LogP contribution in [0.3, 0.4) is 0 Å². The van der Waals surface area contributed by atoms with Gasteiger partial charge in [-0.25, -0.2) is 0 Å². The van der Waals surface area contributed by atoms with Crippen LogP contribution < -0.4 is 5.73 Å². The van der Waals surface area contributed by atoms with Crippen molar-refractivity contribution in [2.75, 3.05) is 13.2 Å². The summed E-state index contributed by atoms with van der Waals surface area (Å²) in [5.74, 6) is 0.599. The Morgan fingerprint density at radius 2 is 2.12 bits per heavy atom. The summed E-state index contributed by atoms with van der Waals surface area (Å²) in [5, 5.41) is 0. The van der Waals surface area contributed by atoms with E-state index in [-0.39, 0.29) is 0 Å². The molecular weight excluding hydrogens is 210 g/mol. The third-order valence-electron chi connectivity index (χ3n) is 3.62. The van der Waals surface area contributed by atoms with Crippen LogP contribution >= 0.6 is 0 Å². The molecule has 2 nitrogen and oxygen atoms in total. The van der Waals surface area contributed by atoms with Crippen molar-refractivity contribution >= 4 is 0 Å². The first-order valence-corrected chi connectivity index (χ1v) is 6.74. The maximum atomic E-state index is 5.86. The summed E-state index contributed by atoms with van der Waals surface area (Å²) >= 11 is 0. The highest BCUT2D eigenvalue weighted by Crippen LogP contribution is 2.21. The third kappa shape index (κ3) is 4.14. The molecular formula is C15H23NO. The van der Waals surface area contributed by atoms with Crippen molar-refractivity contribution in [1.29, 1.82) is 0 Å². The van der Waals surface area contributed by atoms with E-state index in [2.05, 4.69) is 30.3 Å². The van der Waals surface area contributed by atoms with E-state index in [1.807, 2.05) is 0 Å². The molecule has 1 heterocycles. The van der Waals surface area contributed by atoms with Gasteiger partial charge in [0.25, 0.3) is 0 Å². The number of rotatable bonds is 6. The highest BCUT2D eigenvalue weighted by atomic mass is 16.5. The van der Waals surface area contributed by atoms with Gasteiger partial charge in [0.15, 0.2) is 0 Å². The van der Waals surface area contributed by atoms with Gasteiger partial charge in [-0.3, -0.25) is 0 Å². The summed E-state index contributed by atoms with van der Waals surface area (Å²) in [6, 6.07) is 10.6. The molecule has 0 saturated carbocycles. The van der Waals surface area contributed by atoms with E-state index in [1.54, 1.807) is 0 Å². The number of benzene rings is 1. The van der Waals surface area contributed by atoms with Gasteiger partial charge in [0.05, 0.1) is 6.10 Å². The van der Waals surface area contributed by atoms with Gasteiger partial charge in [-0.1, -0.05) is 30.3 Å². The van der Waals surface area contributed by atoms with Gasteiger partial charge in [0, 0.05) is 6.61 Å². The molecule has 2 atom stereocenters. The average molecular weight is 233 g/mol. The first-order valence-electron chi connectivity index (χ1n) is 6.74. The van der Waals surface area contributed by atoms with E-state index < -0.39 is 0 Å². The van der Waals surface area contributed by atoms with Crippen LogP contribution in [-0.2, 0) is 11.2 Å². The minimum Gasteiger partial charge on any atom is -0.378 e. The lowest BCUT2D eigenvalue weighted by Gasteiger charge is -2.17. The average Bonchev–Trinajstić information content (AvgIpc) is 2.89. The van der Waals surface area contributed by atoms with Crippen molar-refractivity contribution in [3.63, 3.8) is 0 Å². The van der Waals surface area contributed by atoms with Crippen LogP contribution in [-0.4, -0.2) is 19.3 Å². The van der Waals surface area contributed by atoms with Crippen molar-refractivity contribution < 1.29 is 4.74 Å². The summed E-state index contributed by atoms with van der Waals surface area (Å²) in [4.78, 5) is 0. The summed E-state index contributed by atoms with van der Waals surface area (Å²) in [7, 11) is 0. The van der Waals surface area contributed by atoms with Crippen molar-refractivity contribution in [3.05, 3.63) is 35.9 Å². The van der Waals surface area contributed by atoms with Crippen molar-refractivity contribution in [2.24, 2.45) is 11.7 Å². The van der Waals surface area contributed by atoms with Gasteiger partial charge in [0.2, 0.25) is 0 Å². The first-order chi connectivity index (χ1) is 8.38. The van der Waals surface area contributed by atoms with E-state index >= 15 is 0 Å². The fraction of sp³-hybridized carbons (Fsp3) is 0.600. The summed E-state index contributed by atoms with van der Waals surface area (Å²) in [5.41, 5.74) is 7.26. The van der Waals surface area contributed by atoms with Crippen LogP contribution in [0.2, 0.25) is 0 Å². The monoisotopic (exact) mass is 233 g/mol. The van der Waals surface area contributed by atoms with Gasteiger partial charge < -0.3 is 10.5 Å². The zero-order chi connectivity index (χ0) is 11.9. The molecule has 1 aromatic rings. The minimum absolute atomic E-state index is 0.500. The molecule has 0 bridgehead atoms. The molecule has 0 aliphatic carbocycles. The van der Waals surface area contributed by atoms with E-state index in [4.69, 9.17) is 10.5 Å². The fourth-order valence-electron chi connectivity index (χ4n) is 2.54. The molecule has 1 fully saturated rings. The van der Waals surface area contributed by atoms with E-state index in [9.17, 15) is 0 Å². The van der Waals surface area contributed by atoms with Crippen LogP contribution in [0.15, 0.2) is 30.3 Å². The van der Waals surface area contributed by atoms with Gasteiger partial charge >= 0.3 is 0 Å². The zero-order valence-corrected chi connectivity index (χ0v) is 10.5. The predicted molar refractivity (Wildman–Crippen MR) is 70.9 cm³/mol. The number of hydrogen-bond acceptors (Lipinski definition) is 2. The smallest absolute Gasteiger partial charge is 0.0576 e. The third-order valence-corrected chi connectivity index (χ3v) is 3.62. The Morgan fingerprint density at radius 1 is 1.29 bits per heavy atom. The van der Waals surface area contributed by atoms with E-state index in [1.165, 1.54) is 31.2 Å². The molecule has 17 heavy (non-hydrogen) atoms. The molecule has 1 saturated heterocycles. The first kappa shape index (κ1) is 12.6.